The molecule has 5 nitrogen and oxygen atoms in total. The molecule has 1 amide bonds. The quantitative estimate of drug-likeness (QED) is 0.742. The summed E-state index contributed by atoms with van der Waals surface area (Å²) in [7, 11) is 1.59. The molecule has 0 aliphatic rings. The smallest absolute Gasteiger partial charge is 0.252 e. The lowest BCUT2D eigenvalue weighted by atomic mass is 10.6. The fraction of sp³-hybridized carbons (Fsp3) is 0.556. The molecule has 15 heavy (non-hydrogen) atoms. The van der Waals surface area contributed by atoms with E-state index in [9.17, 15) is 4.79 Å². The van der Waals surface area contributed by atoms with Crippen molar-refractivity contribution in [1.29, 1.82) is 0 Å². The van der Waals surface area contributed by atoms with E-state index < -0.39 is 0 Å². The summed E-state index contributed by atoms with van der Waals surface area (Å²) in [6.45, 7) is 2.87. The van der Waals surface area contributed by atoms with Crippen LogP contribution in [0.1, 0.15) is 4.88 Å². The first-order valence-electron chi connectivity index (χ1n) is 4.51. The van der Waals surface area contributed by atoms with E-state index >= 15 is 0 Å². The topological polar surface area (TPSA) is 60.5 Å². The van der Waals surface area contributed by atoms with Gasteiger partial charge in [-0.25, -0.2) is 4.98 Å². The van der Waals surface area contributed by atoms with Crippen LogP contribution in [0, 0.1) is 6.92 Å². The minimum absolute atomic E-state index is 0.0297. The van der Waals surface area contributed by atoms with E-state index in [0.717, 1.165) is 4.88 Å². The van der Waals surface area contributed by atoms with Gasteiger partial charge in [-0.15, -0.1) is 11.3 Å². The molecule has 0 atom stereocenters. The molecule has 0 bridgehead atoms. The maximum Gasteiger partial charge on any atom is 0.252 e. The van der Waals surface area contributed by atoms with Crippen molar-refractivity contribution in [3.63, 3.8) is 0 Å². The number of aryl methyl sites for hydroxylation is 1. The fourth-order valence-electron chi connectivity index (χ4n) is 0.875. The summed E-state index contributed by atoms with van der Waals surface area (Å²) < 4.78 is 9.83. The second kappa shape index (κ2) is 6.49. The monoisotopic (exact) mass is 230 g/mol. The summed E-state index contributed by atoms with van der Waals surface area (Å²) in [5, 5.41) is 3.25. The summed E-state index contributed by atoms with van der Waals surface area (Å²) in [6, 6.07) is 0. The molecule has 1 aromatic heterocycles. The van der Waals surface area contributed by atoms with Crippen LogP contribution in [-0.4, -0.2) is 37.8 Å². The number of hydrogen-bond acceptors (Lipinski definition) is 5. The Hall–Kier alpha value is -0.980. The van der Waals surface area contributed by atoms with Gasteiger partial charge >= 0.3 is 0 Å². The molecule has 0 spiro atoms. The highest BCUT2D eigenvalue weighted by atomic mass is 32.1. The second-order valence-corrected chi connectivity index (χ2v) is 4.10. The zero-order chi connectivity index (χ0) is 11.1. The summed E-state index contributed by atoms with van der Waals surface area (Å²) in [4.78, 5) is 16.3. The number of carbonyl (C=O) groups excluding carboxylic acids is 1. The molecule has 1 heterocycles. The number of rotatable bonds is 6. The van der Waals surface area contributed by atoms with Gasteiger partial charge in [0.25, 0.3) is 5.91 Å². The van der Waals surface area contributed by atoms with E-state index in [0.29, 0.717) is 18.3 Å². The van der Waals surface area contributed by atoms with Crippen LogP contribution in [0.15, 0.2) is 6.20 Å². The normalized spacial score (nSPS) is 10.3. The van der Waals surface area contributed by atoms with E-state index in [1.807, 2.05) is 6.92 Å². The molecule has 0 aromatic carbocycles. The summed E-state index contributed by atoms with van der Waals surface area (Å²) in [6.07, 6.45) is 1.71. The first-order valence-corrected chi connectivity index (χ1v) is 5.33. The van der Waals surface area contributed by atoms with Crippen molar-refractivity contribution in [3.05, 3.63) is 11.1 Å². The van der Waals surface area contributed by atoms with Crippen molar-refractivity contribution in [2.45, 2.75) is 6.92 Å². The minimum atomic E-state index is -0.194. The molecule has 1 rings (SSSR count). The molecule has 1 aromatic rings. The van der Waals surface area contributed by atoms with Crippen molar-refractivity contribution in [2.75, 3.05) is 32.2 Å². The zero-order valence-corrected chi connectivity index (χ0v) is 9.60. The van der Waals surface area contributed by atoms with Crippen LogP contribution >= 0.6 is 11.3 Å². The number of amides is 1. The lowest BCUT2D eigenvalue weighted by Crippen LogP contribution is -2.19. The van der Waals surface area contributed by atoms with E-state index in [-0.39, 0.29) is 12.5 Å². The first-order chi connectivity index (χ1) is 7.22. The maximum atomic E-state index is 11.3. The van der Waals surface area contributed by atoms with Crippen molar-refractivity contribution in [3.8, 4) is 0 Å². The third-order valence-electron chi connectivity index (χ3n) is 1.53. The molecule has 0 radical (unpaired) electrons. The van der Waals surface area contributed by atoms with E-state index in [2.05, 4.69) is 10.3 Å². The maximum absolute atomic E-state index is 11.3. The van der Waals surface area contributed by atoms with Crippen LogP contribution in [0.3, 0.4) is 0 Å². The van der Waals surface area contributed by atoms with Gasteiger partial charge in [-0.05, 0) is 6.92 Å². The average molecular weight is 230 g/mol. The molecule has 0 aliphatic heterocycles. The molecule has 0 aliphatic carbocycles. The molecular weight excluding hydrogens is 216 g/mol. The number of thiazole rings is 1. The Morgan fingerprint density at radius 1 is 1.60 bits per heavy atom. The largest absolute Gasteiger partial charge is 0.382 e. The van der Waals surface area contributed by atoms with Gasteiger partial charge < -0.3 is 9.47 Å². The standard InChI is InChI=1S/C9H14N2O3S/c1-7-5-10-9(15-7)11-8(12)6-14-4-3-13-2/h5H,3-4,6H2,1-2H3,(H,10,11,12). The Balaban J connectivity index is 2.18. The second-order valence-electron chi connectivity index (χ2n) is 2.87. The molecule has 6 heteroatoms. The van der Waals surface area contributed by atoms with Gasteiger partial charge in [-0.2, -0.15) is 0 Å². The van der Waals surface area contributed by atoms with Crippen LogP contribution < -0.4 is 5.32 Å². The third-order valence-corrected chi connectivity index (χ3v) is 2.36. The highest BCUT2D eigenvalue weighted by Crippen LogP contribution is 2.15. The van der Waals surface area contributed by atoms with Crippen molar-refractivity contribution in [1.82, 2.24) is 4.98 Å². The number of anilines is 1. The molecule has 0 saturated heterocycles. The number of methoxy groups -OCH3 is 1. The summed E-state index contributed by atoms with van der Waals surface area (Å²) in [5.41, 5.74) is 0. The molecule has 84 valence electrons. The predicted octanol–water partition coefficient (Wildman–Crippen LogP) is 1.05. The highest BCUT2D eigenvalue weighted by molar-refractivity contribution is 7.15. The van der Waals surface area contributed by atoms with Crippen LogP contribution in [0.4, 0.5) is 5.13 Å². The predicted molar refractivity (Wildman–Crippen MR) is 58.2 cm³/mol. The molecule has 0 unspecified atom stereocenters. The average Bonchev–Trinajstić information content (AvgIpc) is 2.59. The lowest BCUT2D eigenvalue weighted by molar-refractivity contribution is -0.121. The Kier molecular flexibility index (Phi) is 5.23. The van der Waals surface area contributed by atoms with Crippen molar-refractivity contribution in [2.24, 2.45) is 0 Å². The Morgan fingerprint density at radius 3 is 3.00 bits per heavy atom. The summed E-state index contributed by atoms with van der Waals surface area (Å²) >= 11 is 1.44. The zero-order valence-electron chi connectivity index (χ0n) is 8.78. The van der Waals surface area contributed by atoms with E-state index in [4.69, 9.17) is 9.47 Å². The van der Waals surface area contributed by atoms with Gasteiger partial charge in [-0.1, -0.05) is 0 Å². The summed E-state index contributed by atoms with van der Waals surface area (Å²) in [5.74, 6) is -0.194. The first kappa shape index (κ1) is 12.1. The number of nitrogens with one attached hydrogen (secondary N) is 1. The number of carbonyl (C=O) groups is 1. The number of nitrogens with zero attached hydrogens (tertiary/aromatic N) is 1. The molecule has 1 N–H and O–H groups in total. The Labute approximate surface area is 92.4 Å². The molecular formula is C9H14N2O3S. The number of hydrogen-bond donors (Lipinski definition) is 1. The highest BCUT2D eigenvalue weighted by Gasteiger charge is 2.04. The van der Waals surface area contributed by atoms with E-state index in [1.165, 1.54) is 11.3 Å². The van der Waals surface area contributed by atoms with Gasteiger partial charge in [-0.3, -0.25) is 10.1 Å². The minimum Gasteiger partial charge on any atom is -0.382 e. The van der Waals surface area contributed by atoms with Crippen LogP contribution in [0.2, 0.25) is 0 Å². The lowest BCUT2D eigenvalue weighted by Gasteiger charge is -2.02. The molecule has 0 fully saturated rings. The number of aromatic nitrogens is 1. The van der Waals surface area contributed by atoms with Gasteiger partial charge in [0.05, 0.1) is 13.2 Å². The third kappa shape index (κ3) is 4.87. The van der Waals surface area contributed by atoms with Gasteiger partial charge in [0.15, 0.2) is 5.13 Å². The van der Waals surface area contributed by atoms with Crippen LogP contribution in [-0.2, 0) is 14.3 Å². The number of ether oxygens (including phenoxy) is 2. The van der Waals surface area contributed by atoms with Crippen molar-refractivity contribution < 1.29 is 14.3 Å². The van der Waals surface area contributed by atoms with Gasteiger partial charge in [0.1, 0.15) is 6.61 Å². The SMILES string of the molecule is COCCOCC(=O)Nc1ncc(C)s1. The Morgan fingerprint density at radius 2 is 2.40 bits per heavy atom. The molecule has 0 saturated carbocycles. The van der Waals surface area contributed by atoms with Crippen LogP contribution in [0.25, 0.3) is 0 Å². The fourth-order valence-corrected chi connectivity index (χ4v) is 1.56. The van der Waals surface area contributed by atoms with Gasteiger partial charge in [0, 0.05) is 18.2 Å². The van der Waals surface area contributed by atoms with Crippen molar-refractivity contribution >= 4 is 22.4 Å². The van der Waals surface area contributed by atoms with Gasteiger partial charge in [0.2, 0.25) is 0 Å². The Bertz CT molecular complexity index is 314. The van der Waals surface area contributed by atoms with E-state index in [1.54, 1.807) is 13.3 Å². The van der Waals surface area contributed by atoms with Crippen LogP contribution in [0.5, 0.6) is 0 Å².